The molecule has 2 aromatic carbocycles. The molecule has 3 aromatic rings. The van der Waals surface area contributed by atoms with Crippen molar-refractivity contribution >= 4 is 28.3 Å². The number of carbonyl (C=O) groups excluding carboxylic acids is 2. The third kappa shape index (κ3) is 3.89. The fourth-order valence-corrected chi connectivity index (χ4v) is 3.01. The Labute approximate surface area is 154 Å². The van der Waals surface area contributed by atoms with Gasteiger partial charge in [-0.3, -0.25) is 10.1 Å². The van der Waals surface area contributed by atoms with Crippen LogP contribution in [-0.2, 0) is 4.74 Å². The van der Waals surface area contributed by atoms with E-state index in [4.69, 9.17) is 4.74 Å². The van der Waals surface area contributed by atoms with E-state index < -0.39 is 5.97 Å². The number of carbonyl (C=O) groups is 2. The molecule has 3 rings (SSSR count). The van der Waals surface area contributed by atoms with Crippen molar-refractivity contribution in [3.63, 3.8) is 0 Å². The van der Waals surface area contributed by atoms with Crippen molar-refractivity contribution in [1.29, 1.82) is 0 Å². The zero-order valence-corrected chi connectivity index (χ0v) is 15.0. The van der Waals surface area contributed by atoms with Crippen LogP contribution in [-0.4, -0.2) is 31.1 Å². The molecule has 0 saturated heterocycles. The van der Waals surface area contributed by atoms with Crippen molar-refractivity contribution in [2.75, 3.05) is 19.5 Å². The highest BCUT2D eigenvalue weighted by Crippen LogP contribution is 2.27. The summed E-state index contributed by atoms with van der Waals surface area (Å²) in [5.41, 5.74) is 2.48. The minimum Gasteiger partial charge on any atom is -0.497 e. The van der Waals surface area contributed by atoms with Crippen LogP contribution in [0, 0.1) is 0 Å². The second kappa shape index (κ2) is 7.79. The molecule has 1 N–H and O–H groups in total. The zero-order valence-electron chi connectivity index (χ0n) is 14.2. The molecule has 132 valence electrons. The number of aromatic nitrogens is 1. The number of hydrogen-bond donors (Lipinski definition) is 1. The molecule has 26 heavy (non-hydrogen) atoms. The van der Waals surface area contributed by atoms with Crippen LogP contribution < -0.4 is 10.1 Å². The highest BCUT2D eigenvalue weighted by molar-refractivity contribution is 7.14. The summed E-state index contributed by atoms with van der Waals surface area (Å²) in [7, 11) is 2.92. The summed E-state index contributed by atoms with van der Waals surface area (Å²) < 4.78 is 9.85. The molecule has 0 spiro atoms. The van der Waals surface area contributed by atoms with Gasteiger partial charge in [-0.2, -0.15) is 0 Å². The Hall–Kier alpha value is -3.19. The minimum absolute atomic E-state index is 0.298. The molecule has 7 heteroatoms. The van der Waals surface area contributed by atoms with Gasteiger partial charge in [0.15, 0.2) is 5.13 Å². The van der Waals surface area contributed by atoms with Crippen molar-refractivity contribution in [3.05, 3.63) is 65.0 Å². The molecule has 1 amide bonds. The number of hydrogen-bond acceptors (Lipinski definition) is 6. The molecule has 0 bridgehead atoms. The quantitative estimate of drug-likeness (QED) is 0.692. The number of esters is 1. The number of anilines is 1. The standard InChI is InChI=1S/C19H16N2O4S/c1-24-15-5-3-4-14(10-15)16-11-26-19(20-16)21-17(22)12-6-8-13(9-7-12)18(23)25-2/h3-11H,1-2H3,(H,20,21,22). The topological polar surface area (TPSA) is 77.5 Å². The van der Waals surface area contributed by atoms with Crippen LogP contribution in [0.25, 0.3) is 11.3 Å². The Morgan fingerprint density at radius 3 is 2.46 bits per heavy atom. The van der Waals surface area contributed by atoms with E-state index >= 15 is 0 Å². The molecule has 0 unspecified atom stereocenters. The number of rotatable bonds is 5. The highest BCUT2D eigenvalue weighted by atomic mass is 32.1. The maximum absolute atomic E-state index is 12.3. The van der Waals surface area contributed by atoms with Gasteiger partial charge in [0.25, 0.3) is 5.91 Å². The first-order valence-corrected chi connectivity index (χ1v) is 8.58. The summed E-state index contributed by atoms with van der Waals surface area (Å²) in [6, 6.07) is 13.8. The Morgan fingerprint density at radius 1 is 1.04 bits per heavy atom. The first kappa shape index (κ1) is 17.6. The number of ether oxygens (including phenoxy) is 2. The van der Waals surface area contributed by atoms with E-state index in [1.165, 1.54) is 18.4 Å². The van der Waals surface area contributed by atoms with Crippen molar-refractivity contribution in [2.45, 2.75) is 0 Å². The van der Waals surface area contributed by atoms with E-state index in [0.29, 0.717) is 16.3 Å². The molecule has 0 radical (unpaired) electrons. The molecule has 0 aliphatic rings. The summed E-state index contributed by atoms with van der Waals surface area (Å²) >= 11 is 1.33. The first-order chi connectivity index (χ1) is 12.6. The van der Waals surface area contributed by atoms with Gasteiger partial charge in [-0.05, 0) is 36.4 Å². The molecule has 6 nitrogen and oxygen atoms in total. The van der Waals surface area contributed by atoms with Gasteiger partial charge in [0.2, 0.25) is 0 Å². The normalized spacial score (nSPS) is 10.2. The molecule has 0 aliphatic heterocycles. The third-order valence-corrected chi connectivity index (χ3v) is 4.42. The Kier molecular flexibility index (Phi) is 5.28. The lowest BCUT2D eigenvalue weighted by atomic mass is 10.1. The molecule has 0 atom stereocenters. The van der Waals surface area contributed by atoms with Crippen LogP contribution in [0.2, 0.25) is 0 Å². The molecule has 1 aromatic heterocycles. The Balaban J connectivity index is 1.72. The van der Waals surface area contributed by atoms with Gasteiger partial charge in [-0.15, -0.1) is 11.3 Å². The molecule has 0 saturated carbocycles. The molecular weight excluding hydrogens is 352 g/mol. The van der Waals surface area contributed by atoms with Crippen LogP contribution in [0.5, 0.6) is 5.75 Å². The van der Waals surface area contributed by atoms with Gasteiger partial charge in [-0.25, -0.2) is 9.78 Å². The maximum atomic E-state index is 12.3. The summed E-state index contributed by atoms with van der Waals surface area (Å²) in [4.78, 5) is 28.2. The maximum Gasteiger partial charge on any atom is 0.337 e. The fraction of sp³-hybridized carbons (Fsp3) is 0.105. The third-order valence-electron chi connectivity index (χ3n) is 3.66. The highest BCUT2D eigenvalue weighted by Gasteiger charge is 2.12. The predicted octanol–water partition coefficient (Wildman–Crippen LogP) is 3.86. The van der Waals surface area contributed by atoms with E-state index in [2.05, 4.69) is 15.0 Å². The zero-order chi connectivity index (χ0) is 18.5. The van der Waals surface area contributed by atoms with Crippen molar-refractivity contribution in [2.24, 2.45) is 0 Å². The molecule has 0 aliphatic carbocycles. The van der Waals surface area contributed by atoms with Crippen LogP contribution in [0.3, 0.4) is 0 Å². The lowest BCUT2D eigenvalue weighted by Gasteiger charge is -2.03. The van der Waals surface area contributed by atoms with E-state index in [9.17, 15) is 9.59 Å². The fourth-order valence-electron chi connectivity index (χ4n) is 2.29. The van der Waals surface area contributed by atoms with Crippen molar-refractivity contribution < 1.29 is 19.1 Å². The van der Waals surface area contributed by atoms with Gasteiger partial charge in [0.1, 0.15) is 5.75 Å². The average molecular weight is 368 g/mol. The summed E-state index contributed by atoms with van der Waals surface area (Å²) in [6.07, 6.45) is 0. The summed E-state index contributed by atoms with van der Waals surface area (Å²) in [5, 5.41) is 5.12. The van der Waals surface area contributed by atoms with E-state index in [1.54, 1.807) is 31.4 Å². The average Bonchev–Trinajstić information content (AvgIpc) is 3.16. The second-order valence-corrected chi connectivity index (χ2v) is 6.15. The van der Waals surface area contributed by atoms with Crippen molar-refractivity contribution in [1.82, 2.24) is 4.98 Å². The largest absolute Gasteiger partial charge is 0.497 e. The molecular formula is C19H16N2O4S. The number of nitrogens with zero attached hydrogens (tertiary/aromatic N) is 1. The van der Waals surface area contributed by atoms with Crippen LogP contribution >= 0.6 is 11.3 Å². The molecule has 1 heterocycles. The number of amides is 1. The van der Waals surface area contributed by atoms with E-state index in [-0.39, 0.29) is 5.91 Å². The lowest BCUT2D eigenvalue weighted by Crippen LogP contribution is -2.12. The van der Waals surface area contributed by atoms with Crippen LogP contribution in [0.4, 0.5) is 5.13 Å². The van der Waals surface area contributed by atoms with Crippen molar-refractivity contribution in [3.8, 4) is 17.0 Å². The SMILES string of the molecule is COC(=O)c1ccc(C(=O)Nc2nc(-c3cccc(OC)c3)cs2)cc1. The predicted molar refractivity (Wildman–Crippen MR) is 99.8 cm³/mol. The summed E-state index contributed by atoms with van der Waals surface area (Å²) in [5.74, 6) is -0.000415. The Bertz CT molecular complexity index is 935. The smallest absolute Gasteiger partial charge is 0.337 e. The monoisotopic (exact) mass is 368 g/mol. The Morgan fingerprint density at radius 2 is 1.77 bits per heavy atom. The van der Waals surface area contributed by atoms with Gasteiger partial charge in [0, 0.05) is 16.5 Å². The molecule has 0 fully saturated rings. The minimum atomic E-state index is -0.445. The number of nitrogens with one attached hydrogen (secondary N) is 1. The van der Waals surface area contributed by atoms with Gasteiger partial charge < -0.3 is 9.47 Å². The number of benzene rings is 2. The van der Waals surface area contributed by atoms with E-state index in [0.717, 1.165) is 17.0 Å². The first-order valence-electron chi connectivity index (χ1n) is 7.70. The number of thiazole rings is 1. The van der Waals surface area contributed by atoms with Gasteiger partial charge >= 0.3 is 5.97 Å². The lowest BCUT2D eigenvalue weighted by molar-refractivity contribution is 0.0600. The second-order valence-electron chi connectivity index (χ2n) is 5.29. The number of methoxy groups -OCH3 is 2. The van der Waals surface area contributed by atoms with Crippen LogP contribution in [0.15, 0.2) is 53.9 Å². The van der Waals surface area contributed by atoms with Crippen LogP contribution in [0.1, 0.15) is 20.7 Å². The van der Waals surface area contributed by atoms with Gasteiger partial charge in [0.05, 0.1) is 25.5 Å². The van der Waals surface area contributed by atoms with E-state index in [1.807, 2.05) is 29.6 Å². The summed E-state index contributed by atoms with van der Waals surface area (Å²) in [6.45, 7) is 0. The van der Waals surface area contributed by atoms with Gasteiger partial charge in [-0.1, -0.05) is 12.1 Å².